The highest BCUT2D eigenvalue weighted by Crippen LogP contribution is 2.25. The van der Waals surface area contributed by atoms with Gasteiger partial charge in [0, 0.05) is 11.5 Å². The molecule has 1 aliphatic carbocycles. The fraction of sp³-hybridized carbons (Fsp3) is 0.625. The maximum Gasteiger partial charge on any atom is 0.228 e. The predicted octanol–water partition coefficient (Wildman–Crippen LogP) is 3.81. The van der Waals surface area contributed by atoms with E-state index in [-0.39, 0.29) is 17.4 Å². The van der Waals surface area contributed by atoms with Crippen molar-refractivity contribution in [3.63, 3.8) is 0 Å². The molecule has 1 saturated carbocycles. The van der Waals surface area contributed by atoms with Crippen molar-refractivity contribution in [1.29, 1.82) is 0 Å². The summed E-state index contributed by atoms with van der Waals surface area (Å²) in [4.78, 5) is 16.4. The van der Waals surface area contributed by atoms with E-state index in [1.54, 1.807) is 6.20 Å². The summed E-state index contributed by atoms with van der Waals surface area (Å²) in [6.45, 7) is 6.31. The van der Waals surface area contributed by atoms with E-state index in [1.165, 1.54) is 19.3 Å². The zero-order chi connectivity index (χ0) is 14.6. The van der Waals surface area contributed by atoms with Crippen LogP contribution in [0.1, 0.15) is 52.9 Å². The van der Waals surface area contributed by atoms with Crippen LogP contribution in [-0.2, 0) is 4.79 Å². The molecule has 20 heavy (non-hydrogen) atoms. The van der Waals surface area contributed by atoms with Gasteiger partial charge in [-0.15, -0.1) is 0 Å². The Labute approximate surface area is 121 Å². The second-order valence-corrected chi connectivity index (χ2v) is 6.63. The highest BCUT2D eigenvalue weighted by atomic mass is 16.1. The second kappa shape index (κ2) is 6.25. The Morgan fingerprint density at radius 1 is 1.20 bits per heavy atom. The van der Waals surface area contributed by atoms with Crippen LogP contribution in [0.2, 0.25) is 0 Å². The maximum atomic E-state index is 12.1. The van der Waals surface area contributed by atoms with E-state index in [0.29, 0.717) is 5.82 Å². The molecule has 0 aromatic carbocycles. The Morgan fingerprint density at radius 3 is 2.45 bits per heavy atom. The van der Waals surface area contributed by atoms with Crippen molar-refractivity contribution in [1.82, 2.24) is 4.98 Å². The monoisotopic (exact) mass is 275 g/mol. The molecule has 0 bridgehead atoms. The van der Waals surface area contributed by atoms with Gasteiger partial charge in [-0.25, -0.2) is 4.98 Å². The number of rotatable bonds is 3. The number of hydrogen-bond donors (Lipinski definition) is 2. The quantitative estimate of drug-likeness (QED) is 0.882. The number of pyridine rings is 1. The third-order valence-corrected chi connectivity index (χ3v) is 3.51. The first-order chi connectivity index (χ1) is 9.44. The lowest BCUT2D eigenvalue weighted by atomic mass is 9.89. The van der Waals surface area contributed by atoms with E-state index in [0.717, 1.165) is 18.5 Å². The fourth-order valence-electron chi connectivity index (χ4n) is 2.57. The van der Waals surface area contributed by atoms with Gasteiger partial charge in [0.2, 0.25) is 5.91 Å². The Hall–Kier alpha value is -1.58. The number of aromatic nitrogens is 1. The standard InChI is InChI=1S/C16H25N3O/c1-16(2,3)19-13-9-10-14(17-11-13)18-15(20)12-7-5-4-6-8-12/h9-12,19H,4-8H2,1-3H3,(H,17,18,20). The van der Waals surface area contributed by atoms with Gasteiger partial charge in [-0.05, 0) is 45.7 Å². The van der Waals surface area contributed by atoms with Crippen LogP contribution in [0.15, 0.2) is 18.3 Å². The highest BCUT2D eigenvalue weighted by Gasteiger charge is 2.21. The van der Waals surface area contributed by atoms with Crippen LogP contribution in [0.3, 0.4) is 0 Å². The zero-order valence-electron chi connectivity index (χ0n) is 12.7. The molecular weight excluding hydrogens is 250 g/mol. The molecule has 1 aromatic rings. The Balaban J connectivity index is 1.91. The van der Waals surface area contributed by atoms with Gasteiger partial charge in [-0.1, -0.05) is 19.3 Å². The summed E-state index contributed by atoms with van der Waals surface area (Å²) in [5.41, 5.74) is 0.974. The molecular formula is C16H25N3O. The van der Waals surface area contributed by atoms with Crippen molar-refractivity contribution < 1.29 is 4.79 Å². The lowest BCUT2D eigenvalue weighted by Crippen LogP contribution is -2.26. The maximum absolute atomic E-state index is 12.1. The summed E-state index contributed by atoms with van der Waals surface area (Å²) in [7, 11) is 0. The highest BCUT2D eigenvalue weighted by molar-refractivity contribution is 5.91. The SMILES string of the molecule is CC(C)(C)Nc1ccc(NC(=O)C2CCCCC2)nc1. The molecule has 1 aliphatic rings. The average molecular weight is 275 g/mol. The van der Waals surface area contributed by atoms with Crippen molar-refractivity contribution in [2.24, 2.45) is 5.92 Å². The number of carbonyl (C=O) groups excluding carboxylic acids is 1. The van der Waals surface area contributed by atoms with Crippen molar-refractivity contribution in [2.45, 2.75) is 58.4 Å². The van der Waals surface area contributed by atoms with E-state index in [2.05, 4.69) is 36.4 Å². The van der Waals surface area contributed by atoms with Crippen LogP contribution < -0.4 is 10.6 Å². The van der Waals surface area contributed by atoms with Crippen molar-refractivity contribution in [3.8, 4) is 0 Å². The van der Waals surface area contributed by atoms with E-state index in [9.17, 15) is 4.79 Å². The lowest BCUT2D eigenvalue weighted by Gasteiger charge is -2.22. The van der Waals surface area contributed by atoms with Crippen LogP contribution in [0.5, 0.6) is 0 Å². The van der Waals surface area contributed by atoms with Gasteiger partial charge in [0.15, 0.2) is 0 Å². The Bertz CT molecular complexity index is 442. The van der Waals surface area contributed by atoms with Crippen molar-refractivity contribution >= 4 is 17.4 Å². The first kappa shape index (κ1) is 14.8. The molecule has 2 N–H and O–H groups in total. The number of carbonyl (C=O) groups is 1. The summed E-state index contributed by atoms with van der Waals surface area (Å²) < 4.78 is 0. The topological polar surface area (TPSA) is 54.0 Å². The third kappa shape index (κ3) is 4.51. The normalized spacial score (nSPS) is 16.8. The molecule has 4 nitrogen and oxygen atoms in total. The van der Waals surface area contributed by atoms with Crippen molar-refractivity contribution in [3.05, 3.63) is 18.3 Å². The first-order valence-corrected chi connectivity index (χ1v) is 7.49. The smallest absolute Gasteiger partial charge is 0.228 e. The van der Waals surface area contributed by atoms with Crippen LogP contribution in [-0.4, -0.2) is 16.4 Å². The molecule has 0 saturated heterocycles. The zero-order valence-corrected chi connectivity index (χ0v) is 12.7. The van der Waals surface area contributed by atoms with Crippen LogP contribution in [0.25, 0.3) is 0 Å². The lowest BCUT2D eigenvalue weighted by molar-refractivity contribution is -0.120. The van der Waals surface area contributed by atoms with Crippen LogP contribution >= 0.6 is 0 Å². The first-order valence-electron chi connectivity index (χ1n) is 7.49. The van der Waals surface area contributed by atoms with Gasteiger partial charge in [0.25, 0.3) is 0 Å². The summed E-state index contributed by atoms with van der Waals surface area (Å²) in [6.07, 6.45) is 7.38. The third-order valence-electron chi connectivity index (χ3n) is 3.51. The minimum atomic E-state index is 0.00847. The molecule has 0 unspecified atom stereocenters. The second-order valence-electron chi connectivity index (χ2n) is 6.63. The van der Waals surface area contributed by atoms with Gasteiger partial charge in [-0.2, -0.15) is 0 Å². The molecule has 4 heteroatoms. The predicted molar refractivity (Wildman–Crippen MR) is 82.8 cm³/mol. The molecule has 0 spiro atoms. The molecule has 1 aromatic heterocycles. The fourth-order valence-corrected chi connectivity index (χ4v) is 2.57. The Morgan fingerprint density at radius 2 is 1.90 bits per heavy atom. The summed E-state index contributed by atoms with van der Waals surface area (Å²) in [5.74, 6) is 0.923. The minimum absolute atomic E-state index is 0.00847. The van der Waals surface area contributed by atoms with Gasteiger partial charge >= 0.3 is 0 Å². The minimum Gasteiger partial charge on any atom is -0.379 e. The molecule has 2 rings (SSSR count). The van der Waals surface area contributed by atoms with Gasteiger partial charge in [0.05, 0.1) is 11.9 Å². The van der Waals surface area contributed by atoms with Crippen LogP contribution in [0, 0.1) is 5.92 Å². The number of amides is 1. The molecule has 1 amide bonds. The summed E-state index contributed by atoms with van der Waals surface area (Å²) in [6, 6.07) is 3.81. The average Bonchev–Trinajstić information content (AvgIpc) is 2.40. The van der Waals surface area contributed by atoms with E-state index in [1.807, 2.05) is 12.1 Å². The van der Waals surface area contributed by atoms with Gasteiger partial charge < -0.3 is 10.6 Å². The van der Waals surface area contributed by atoms with Gasteiger partial charge in [0.1, 0.15) is 5.82 Å². The van der Waals surface area contributed by atoms with Crippen molar-refractivity contribution in [2.75, 3.05) is 10.6 Å². The van der Waals surface area contributed by atoms with Gasteiger partial charge in [-0.3, -0.25) is 4.79 Å². The molecule has 1 fully saturated rings. The summed E-state index contributed by atoms with van der Waals surface area (Å²) in [5, 5.41) is 6.27. The molecule has 0 atom stereocenters. The molecule has 0 aliphatic heterocycles. The van der Waals surface area contributed by atoms with E-state index >= 15 is 0 Å². The number of nitrogens with zero attached hydrogens (tertiary/aromatic N) is 1. The summed E-state index contributed by atoms with van der Waals surface area (Å²) >= 11 is 0. The number of nitrogens with one attached hydrogen (secondary N) is 2. The number of anilines is 2. The van der Waals surface area contributed by atoms with E-state index in [4.69, 9.17) is 0 Å². The van der Waals surface area contributed by atoms with E-state index < -0.39 is 0 Å². The largest absolute Gasteiger partial charge is 0.379 e. The molecule has 110 valence electrons. The number of hydrogen-bond acceptors (Lipinski definition) is 3. The van der Waals surface area contributed by atoms with Crippen LogP contribution in [0.4, 0.5) is 11.5 Å². The molecule has 0 radical (unpaired) electrons. The Kier molecular flexibility index (Phi) is 4.63. The molecule has 1 heterocycles.